The zero-order valence-corrected chi connectivity index (χ0v) is 10.8. The lowest BCUT2D eigenvalue weighted by molar-refractivity contribution is 0.489. The van der Waals surface area contributed by atoms with Crippen LogP contribution in [0.1, 0.15) is 19.4 Å². The predicted octanol–water partition coefficient (Wildman–Crippen LogP) is 3.51. The van der Waals surface area contributed by atoms with E-state index in [2.05, 4.69) is 53.3 Å². The van der Waals surface area contributed by atoms with Crippen LogP contribution in [0.25, 0.3) is 0 Å². The Morgan fingerprint density at radius 3 is 2.71 bits per heavy atom. The van der Waals surface area contributed by atoms with Crippen LogP contribution in [0, 0.1) is 0 Å². The molecule has 0 bridgehead atoms. The number of hydrogen-bond donors (Lipinski definition) is 1. The maximum atomic E-state index is 5.61. The number of hydrogen-bond acceptors (Lipinski definition) is 1. The second-order valence-electron chi connectivity index (χ2n) is 3.95. The number of rotatable bonds is 4. The molecular formula is C11H15BrClN. The largest absolute Gasteiger partial charge is 0.303 e. The van der Waals surface area contributed by atoms with Gasteiger partial charge >= 0.3 is 0 Å². The highest BCUT2D eigenvalue weighted by molar-refractivity contribution is 9.10. The van der Waals surface area contributed by atoms with Gasteiger partial charge in [0.05, 0.1) is 6.00 Å². The SMILES string of the molecule is CC(C)(CNCCl)c1cccc(Br)c1. The standard InChI is InChI=1S/C11H15BrClN/c1-11(2,7-14-8-13)9-4-3-5-10(12)6-9/h3-6,14H,7-8H2,1-2H3. The van der Waals surface area contributed by atoms with Gasteiger partial charge in [-0.2, -0.15) is 0 Å². The van der Waals surface area contributed by atoms with Crippen LogP contribution in [0.3, 0.4) is 0 Å². The minimum Gasteiger partial charge on any atom is -0.303 e. The number of benzene rings is 1. The minimum atomic E-state index is 0.110. The van der Waals surface area contributed by atoms with Gasteiger partial charge < -0.3 is 5.32 Å². The van der Waals surface area contributed by atoms with Crippen LogP contribution in [0.5, 0.6) is 0 Å². The van der Waals surface area contributed by atoms with Crippen LogP contribution in [-0.4, -0.2) is 12.5 Å². The van der Waals surface area contributed by atoms with Gasteiger partial charge in [-0.15, -0.1) is 11.6 Å². The number of alkyl halides is 1. The van der Waals surface area contributed by atoms with Gasteiger partial charge in [-0.05, 0) is 17.7 Å². The van der Waals surface area contributed by atoms with Crippen LogP contribution in [0.15, 0.2) is 28.7 Å². The molecule has 1 nitrogen and oxygen atoms in total. The monoisotopic (exact) mass is 275 g/mol. The average Bonchev–Trinajstić information content (AvgIpc) is 2.15. The van der Waals surface area contributed by atoms with E-state index in [9.17, 15) is 0 Å². The molecule has 0 fully saturated rings. The second-order valence-corrected chi connectivity index (χ2v) is 5.14. The van der Waals surface area contributed by atoms with E-state index in [4.69, 9.17) is 11.6 Å². The fourth-order valence-corrected chi connectivity index (χ4v) is 1.86. The normalized spacial score (nSPS) is 11.7. The Morgan fingerprint density at radius 1 is 1.43 bits per heavy atom. The van der Waals surface area contributed by atoms with E-state index in [1.807, 2.05) is 6.07 Å². The third-order valence-corrected chi connectivity index (χ3v) is 2.95. The third-order valence-electron chi connectivity index (χ3n) is 2.27. The van der Waals surface area contributed by atoms with Crippen molar-refractivity contribution in [3.8, 4) is 0 Å². The summed E-state index contributed by atoms with van der Waals surface area (Å²) in [6.07, 6.45) is 0. The smallest absolute Gasteiger partial charge is 0.0713 e. The quantitative estimate of drug-likeness (QED) is 0.655. The first-order valence-corrected chi connectivity index (χ1v) is 5.92. The maximum absolute atomic E-state index is 5.61. The zero-order valence-electron chi connectivity index (χ0n) is 8.48. The van der Waals surface area contributed by atoms with E-state index in [0.717, 1.165) is 11.0 Å². The summed E-state index contributed by atoms with van der Waals surface area (Å²) < 4.78 is 1.12. The van der Waals surface area contributed by atoms with E-state index >= 15 is 0 Å². The van der Waals surface area contributed by atoms with Crippen molar-refractivity contribution in [3.05, 3.63) is 34.3 Å². The Labute approximate surface area is 99.0 Å². The molecule has 0 aromatic heterocycles. The third kappa shape index (κ3) is 3.26. The number of nitrogens with one attached hydrogen (secondary N) is 1. The highest BCUT2D eigenvalue weighted by atomic mass is 79.9. The molecule has 0 saturated carbocycles. The first-order chi connectivity index (χ1) is 6.56. The van der Waals surface area contributed by atoms with E-state index in [-0.39, 0.29) is 5.41 Å². The van der Waals surface area contributed by atoms with Crippen molar-refractivity contribution in [1.82, 2.24) is 5.32 Å². The van der Waals surface area contributed by atoms with E-state index in [0.29, 0.717) is 6.00 Å². The van der Waals surface area contributed by atoms with Gasteiger partial charge in [0.25, 0.3) is 0 Å². The van der Waals surface area contributed by atoms with Crippen LogP contribution >= 0.6 is 27.5 Å². The minimum absolute atomic E-state index is 0.110. The average molecular weight is 277 g/mol. The molecule has 0 radical (unpaired) electrons. The molecule has 78 valence electrons. The maximum Gasteiger partial charge on any atom is 0.0713 e. The van der Waals surface area contributed by atoms with Gasteiger partial charge in [0.15, 0.2) is 0 Å². The summed E-state index contributed by atoms with van der Waals surface area (Å²) >= 11 is 9.08. The molecule has 0 spiro atoms. The van der Waals surface area contributed by atoms with Crippen LogP contribution < -0.4 is 5.32 Å². The molecule has 0 amide bonds. The van der Waals surface area contributed by atoms with Crippen molar-refractivity contribution in [2.24, 2.45) is 0 Å². The molecule has 0 aliphatic carbocycles. The second kappa shape index (κ2) is 5.15. The van der Waals surface area contributed by atoms with Gasteiger partial charge in [0.1, 0.15) is 0 Å². The molecule has 0 atom stereocenters. The molecule has 1 rings (SSSR count). The highest BCUT2D eigenvalue weighted by Gasteiger charge is 2.19. The van der Waals surface area contributed by atoms with Gasteiger partial charge in [0.2, 0.25) is 0 Å². The fraction of sp³-hybridized carbons (Fsp3) is 0.455. The van der Waals surface area contributed by atoms with Gasteiger partial charge in [0, 0.05) is 16.4 Å². The predicted molar refractivity (Wildman–Crippen MR) is 65.9 cm³/mol. The molecular weight excluding hydrogens is 261 g/mol. The molecule has 0 heterocycles. The van der Waals surface area contributed by atoms with Crippen molar-refractivity contribution < 1.29 is 0 Å². The molecule has 3 heteroatoms. The zero-order chi connectivity index (χ0) is 10.6. The first kappa shape index (κ1) is 12.0. The molecule has 1 N–H and O–H groups in total. The highest BCUT2D eigenvalue weighted by Crippen LogP contribution is 2.24. The summed E-state index contributed by atoms with van der Waals surface area (Å²) in [5.74, 6) is 0. The molecule has 1 aromatic carbocycles. The van der Waals surface area contributed by atoms with Crippen LogP contribution in [0.2, 0.25) is 0 Å². The summed E-state index contributed by atoms with van der Waals surface area (Å²) in [6.45, 7) is 5.29. The topological polar surface area (TPSA) is 12.0 Å². The summed E-state index contributed by atoms with van der Waals surface area (Å²) in [5.41, 5.74) is 1.42. The summed E-state index contributed by atoms with van der Waals surface area (Å²) in [6, 6.07) is 8.88. The van der Waals surface area contributed by atoms with Crippen molar-refractivity contribution in [3.63, 3.8) is 0 Å². The molecule has 14 heavy (non-hydrogen) atoms. The number of halogens is 2. The first-order valence-electron chi connectivity index (χ1n) is 4.59. The molecule has 0 aliphatic heterocycles. The molecule has 0 unspecified atom stereocenters. The van der Waals surface area contributed by atoms with E-state index in [1.54, 1.807) is 0 Å². The lowest BCUT2D eigenvalue weighted by atomic mass is 9.85. The Morgan fingerprint density at radius 2 is 2.14 bits per heavy atom. The van der Waals surface area contributed by atoms with Crippen molar-refractivity contribution >= 4 is 27.5 Å². The van der Waals surface area contributed by atoms with Crippen molar-refractivity contribution in [1.29, 1.82) is 0 Å². The van der Waals surface area contributed by atoms with E-state index < -0.39 is 0 Å². The summed E-state index contributed by atoms with van der Waals surface area (Å²) in [4.78, 5) is 0. The van der Waals surface area contributed by atoms with Crippen LogP contribution in [-0.2, 0) is 5.41 Å². The van der Waals surface area contributed by atoms with Gasteiger partial charge in [-0.3, -0.25) is 0 Å². The van der Waals surface area contributed by atoms with Crippen LogP contribution in [0.4, 0.5) is 0 Å². The Balaban J connectivity index is 2.80. The Hall–Kier alpha value is -0.0500. The summed E-state index contributed by atoms with van der Waals surface area (Å²) in [7, 11) is 0. The molecule has 0 saturated heterocycles. The molecule has 0 aliphatic rings. The lowest BCUT2D eigenvalue weighted by Gasteiger charge is -2.25. The van der Waals surface area contributed by atoms with Crippen molar-refractivity contribution in [2.45, 2.75) is 19.3 Å². The van der Waals surface area contributed by atoms with E-state index in [1.165, 1.54) is 5.56 Å². The van der Waals surface area contributed by atoms with Gasteiger partial charge in [-0.1, -0.05) is 41.9 Å². The van der Waals surface area contributed by atoms with Crippen molar-refractivity contribution in [2.75, 3.05) is 12.5 Å². The summed E-state index contributed by atoms with van der Waals surface area (Å²) in [5, 5.41) is 3.16. The molecule has 1 aromatic rings. The van der Waals surface area contributed by atoms with Gasteiger partial charge in [-0.25, -0.2) is 0 Å². The Kier molecular flexibility index (Phi) is 4.42. The lowest BCUT2D eigenvalue weighted by Crippen LogP contribution is -2.32. The Bertz CT molecular complexity index is 299. The fourth-order valence-electron chi connectivity index (χ4n) is 1.37.